The predicted molar refractivity (Wildman–Crippen MR) is 68.8 cm³/mol. The second-order valence-electron chi connectivity index (χ2n) is 3.28. The van der Waals surface area contributed by atoms with Gasteiger partial charge in [-0.2, -0.15) is 16.8 Å². The Kier molecular flexibility index (Phi) is 6.54. The van der Waals surface area contributed by atoms with E-state index in [1.54, 1.807) is 0 Å². The van der Waals surface area contributed by atoms with Crippen molar-refractivity contribution in [3.63, 3.8) is 0 Å². The maximum atomic E-state index is 10.2. The number of nitrogens with one attached hydrogen (secondary N) is 1. The van der Waals surface area contributed by atoms with E-state index in [1.807, 2.05) is 18.2 Å². The number of hydrogen-bond acceptors (Lipinski definition) is 5. The largest absolute Gasteiger partial charge is 0.369 e. The molecule has 0 fully saturated rings. The quantitative estimate of drug-likeness (QED) is 0.427. The van der Waals surface area contributed by atoms with Gasteiger partial charge in [0.2, 0.25) is 0 Å². The van der Waals surface area contributed by atoms with E-state index in [-0.39, 0.29) is 0 Å². The fourth-order valence-corrected chi connectivity index (χ4v) is 2.22. The summed E-state index contributed by atoms with van der Waals surface area (Å²) in [4.78, 5) is 10.0. The van der Waals surface area contributed by atoms with Crippen LogP contribution in [0, 0.1) is 6.92 Å². The molecule has 10 nitrogen and oxygen atoms in total. The number of hydrazine groups is 1. The minimum Gasteiger partial charge on any atom is -0.350 e. The first kappa shape index (κ1) is 18.3. The third kappa shape index (κ3) is 7.65. The molecule has 0 aliphatic carbocycles. The Hall–Kier alpha value is -1.73. The van der Waals surface area contributed by atoms with Crippen molar-refractivity contribution in [2.45, 2.75) is 6.92 Å². The first-order valence-electron chi connectivity index (χ1n) is 4.77. The van der Waals surface area contributed by atoms with E-state index in [4.69, 9.17) is 9.11 Å². The Morgan fingerprint density at radius 2 is 1.50 bits per heavy atom. The van der Waals surface area contributed by atoms with Gasteiger partial charge in [-0.25, -0.2) is 10.2 Å². The summed E-state index contributed by atoms with van der Waals surface area (Å²) in [5.41, 5.74) is 6.62. The molecule has 0 aromatic heterocycles. The van der Waals surface area contributed by atoms with Gasteiger partial charge < -0.3 is 5.73 Å². The molecule has 0 aliphatic rings. The van der Waals surface area contributed by atoms with Crippen LogP contribution in [-0.4, -0.2) is 35.8 Å². The molecule has 20 heavy (non-hydrogen) atoms. The third-order valence-electron chi connectivity index (χ3n) is 1.56. The summed E-state index contributed by atoms with van der Waals surface area (Å²) in [7, 11) is -10.7. The number of carbonyl (C=O) groups is 1. The average Bonchev–Trinajstić information content (AvgIpc) is 2.25. The molecule has 1 aromatic rings. The first-order chi connectivity index (χ1) is 8.94. The Morgan fingerprint density at radius 1 is 1.10 bits per heavy atom. The molecular weight excluding hydrogens is 314 g/mol. The fraction of sp³-hybridized carbons (Fsp3) is 0.125. The Morgan fingerprint density at radius 3 is 1.65 bits per heavy atom. The van der Waals surface area contributed by atoms with E-state index in [9.17, 15) is 21.6 Å². The molecule has 0 unspecified atom stereocenters. The van der Waals surface area contributed by atoms with Gasteiger partial charge in [0.05, 0.1) is 0 Å². The summed E-state index contributed by atoms with van der Waals surface area (Å²) in [5, 5.41) is 0. The van der Waals surface area contributed by atoms with Crippen molar-refractivity contribution >= 4 is 26.6 Å². The summed E-state index contributed by atoms with van der Waals surface area (Å²) in [5.74, 6) is 0. The van der Waals surface area contributed by atoms with Gasteiger partial charge in [0.1, 0.15) is 0 Å². The molecule has 0 atom stereocenters. The molecule has 0 saturated heterocycles. The molecular formula is C8H13N3O7S2. The average molecular weight is 327 g/mol. The number of rotatable bonds is 3. The molecule has 12 heteroatoms. The highest BCUT2D eigenvalue weighted by Gasteiger charge is 2.32. The topological polar surface area (TPSA) is 167 Å². The number of urea groups is 1. The van der Waals surface area contributed by atoms with Gasteiger partial charge in [-0.3, -0.25) is 9.11 Å². The van der Waals surface area contributed by atoms with Crippen LogP contribution < -0.4 is 11.2 Å². The number of primary amides is 1. The van der Waals surface area contributed by atoms with Crippen LogP contribution in [0.4, 0.5) is 4.79 Å². The minimum absolute atomic E-state index is 0.956. The fourth-order valence-electron chi connectivity index (χ4n) is 0.859. The molecule has 0 saturated carbocycles. The highest BCUT2D eigenvalue weighted by molar-refractivity contribution is 7.98. The van der Waals surface area contributed by atoms with Crippen molar-refractivity contribution in [2.24, 2.45) is 5.73 Å². The summed E-state index contributed by atoms with van der Waals surface area (Å²) in [6.45, 7) is 2.08. The zero-order valence-electron chi connectivity index (χ0n) is 10.2. The van der Waals surface area contributed by atoms with E-state index in [2.05, 4.69) is 24.8 Å². The lowest BCUT2D eigenvalue weighted by atomic mass is 10.2. The summed E-state index contributed by atoms with van der Waals surface area (Å²) < 4.78 is 55.9. The van der Waals surface area contributed by atoms with E-state index >= 15 is 0 Å². The van der Waals surface area contributed by atoms with Crippen LogP contribution in [0.5, 0.6) is 0 Å². The van der Waals surface area contributed by atoms with Crippen LogP contribution in [0.1, 0.15) is 5.56 Å². The van der Waals surface area contributed by atoms with Crippen LogP contribution in [0.2, 0.25) is 0 Å². The lowest BCUT2D eigenvalue weighted by Gasteiger charge is -2.12. The van der Waals surface area contributed by atoms with Gasteiger partial charge in [0.15, 0.2) is 0 Å². The van der Waals surface area contributed by atoms with Gasteiger partial charge >= 0.3 is 26.6 Å². The van der Waals surface area contributed by atoms with Crippen LogP contribution in [0.25, 0.3) is 0 Å². The molecule has 5 N–H and O–H groups in total. The summed E-state index contributed by atoms with van der Waals surface area (Å²) >= 11 is 0. The Labute approximate surface area is 115 Å². The molecule has 1 rings (SSSR count). The maximum absolute atomic E-state index is 10.2. The summed E-state index contributed by atoms with van der Waals surface area (Å²) in [6, 6.07) is 8.66. The van der Waals surface area contributed by atoms with Crippen LogP contribution in [-0.2, 0) is 20.6 Å². The molecule has 2 amide bonds. The van der Waals surface area contributed by atoms with Crippen LogP contribution >= 0.6 is 0 Å². The number of carbonyl (C=O) groups excluding carboxylic acids is 1. The maximum Gasteiger partial charge on any atom is 0.369 e. The van der Waals surface area contributed by atoms with Crippen molar-refractivity contribution in [3.8, 4) is 0 Å². The molecule has 0 radical (unpaired) electrons. The Bertz CT molecular complexity index is 610. The molecule has 1 aromatic carbocycles. The lowest BCUT2D eigenvalue weighted by Crippen LogP contribution is -2.50. The van der Waals surface area contributed by atoms with Gasteiger partial charge in [-0.15, -0.1) is 0 Å². The third-order valence-corrected chi connectivity index (χ3v) is 3.71. The smallest absolute Gasteiger partial charge is 0.350 e. The lowest BCUT2D eigenvalue weighted by molar-refractivity contribution is 0.235. The van der Waals surface area contributed by atoms with Crippen molar-refractivity contribution in [3.05, 3.63) is 35.9 Å². The van der Waals surface area contributed by atoms with Crippen molar-refractivity contribution < 1.29 is 30.7 Å². The minimum atomic E-state index is -5.33. The van der Waals surface area contributed by atoms with Crippen molar-refractivity contribution in [2.75, 3.05) is 0 Å². The van der Waals surface area contributed by atoms with Gasteiger partial charge in [-0.1, -0.05) is 35.9 Å². The summed E-state index contributed by atoms with van der Waals surface area (Å²) in [6.07, 6.45) is 0. The number of benzene rings is 1. The molecule has 114 valence electrons. The normalized spacial score (nSPS) is 11.4. The second-order valence-corrected chi connectivity index (χ2v) is 6.04. The van der Waals surface area contributed by atoms with Crippen molar-refractivity contribution in [1.29, 1.82) is 0 Å². The number of nitrogens with zero attached hydrogens (tertiary/aromatic N) is 1. The van der Waals surface area contributed by atoms with E-state index in [0.717, 1.165) is 5.43 Å². The highest BCUT2D eigenvalue weighted by atomic mass is 32.3. The highest BCUT2D eigenvalue weighted by Crippen LogP contribution is 1.98. The predicted octanol–water partition coefficient (Wildman–Crippen LogP) is -0.528. The monoisotopic (exact) mass is 327 g/mol. The number of aryl methyl sites for hydroxylation is 1. The standard InChI is InChI=1S/C7H8.CH5N3O7S2/c1-7-5-3-2-4-6-7;2-1(5)3-4(12(6,7)8)13(9,10)11/h2-6H,1H3;(H3,2,3,5)(H,6,7,8)(H,9,10,11). The number of amides is 2. The van der Waals surface area contributed by atoms with Gasteiger partial charge in [0.25, 0.3) is 0 Å². The van der Waals surface area contributed by atoms with Gasteiger partial charge in [-0.05, 0) is 6.92 Å². The molecule has 0 aliphatic heterocycles. The molecule has 0 spiro atoms. The molecule has 0 bridgehead atoms. The second kappa shape index (κ2) is 7.16. The van der Waals surface area contributed by atoms with Crippen molar-refractivity contribution in [1.82, 2.24) is 9.25 Å². The van der Waals surface area contributed by atoms with E-state index < -0.39 is 30.5 Å². The van der Waals surface area contributed by atoms with Crippen LogP contribution in [0.3, 0.4) is 0 Å². The van der Waals surface area contributed by atoms with E-state index in [0.29, 0.717) is 0 Å². The zero-order chi connectivity index (χ0) is 16.0. The molecule has 0 heterocycles. The first-order valence-corrected chi connectivity index (χ1v) is 7.57. The number of hydrogen-bond donors (Lipinski definition) is 4. The van der Waals surface area contributed by atoms with Crippen LogP contribution in [0.15, 0.2) is 30.3 Å². The zero-order valence-corrected chi connectivity index (χ0v) is 11.8. The number of nitrogens with two attached hydrogens (primary N) is 1. The van der Waals surface area contributed by atoms with E-state index in [1.165, 1.54) is 5.56 Å². The Balaban J connectivity index is 0.000000428. The SMILES string of the molecule is Cc1ccccc1.NC(=O)NN(S(=O)(=O)O)S(=O)(=O)O. The van der Waals surface area contributed by atoms with Gasteiger partial charge in [0, 0.05) is 3.82 Å².